The van der Waals surface area contributed by atoms with Crippen molar-refractivity contribution in [1.29, 1.82) is 0 Å². The molecule has 1 aliphatic heterocycles. The van der Waals surface area contributed by atoms with Gasteiger partial charge in [-0.1, -0.05) is 24.3 Å². The zero-order valence-corrected chi connectivity index (χ0v) is 13.8. The maximum Gasteiger partial charge on any atom is 0.274 e. The Kier molecular flexibility index (Phi) is 3.89. The number of aryl methyl sites for hydroxylation is 1. The normalized spacial score (nSPS) is 14.5. The van der Waals surface area contributed by atoms with Gasteiger partial charge < -0.3 is 14.6 Å². The summed E-state index contributed by atoms with van der Waals surface area (Å²) in [6.07, 6.45) is -0.874. The summed E-state index contributed by atoms with van der Waals surface area (Å²) in [6.45, 7) is 2.93. The van der Waals surface area contributed by atoms with E-state index in [1.54, 1.807) is 24.3 Å². The SMILES string of the molecule is Cc1nn(C[C@@H](O)c2ccc3c(c2)OCCO3)c(=O)c2ccccc12. The van der Waals surface area contributed by atoms with Crippen LogP contribution in [0.4, 0.5) is 0 Å². The molecule has 1 N–H and O–H groups in total. The van der Waals surface area contributed by atoms with Crippen LogP contribution >= 0.6 is 0 Å². The standard InChI is InChI=1S/C19H18N2O4/c1-12-14-4-2-3-5-15(14)19(23)21(20-12)11-16(22)13-6-7-17-18(10-13)25-9-8-24-17/h2-7,10,16,22H,8-9,11H2,1H3/t16-/m1/s1. The second kappa shape index (κ2) is 6.22. The molecule has 0 radical (unpaired) electrons. The summed E-state index contributed by atoms with van der Waals surface area (Å²) in [4.78, 5) is 12.6. The van der Waals surface area contributed by atoms with Crippen LogP contribution in [0.1, 0.15) is 17.4 Å². The average Bonchev–Trinajstić information content (AvgIpc) is 2.65. The Morgan fingerprint density at radius 2 is 1.84 bits per heavy atom. The van der Waals surface area contributed by atoms with Gasteiger partial charge in [-0.25, -0.2) is 4.68 Å². The smallest absolute Gasteiger partial charge is 0.274 e. The number of rotatable bonds is 3. The molecule has 0 saturated carbocycles. The molecule has 1 aliphatic rings. The van der Waals surface area contributed by atoms with Gasteiger partial charge in [-0.05, 0) is 30.7 Å². The van der Waals surface area contributed by atoms with Gasteiger partial charge in [-0.3, -0.25) is 4.79 Å². The molecular formula is C19H18N2O4. The molecule has 0 amide bonds. The average molecular weight is 338 g/mol. The summed E-state index contributed by atoms with van der Waals surface area (Å²) in [7, 11) is 0. The van der Waals surface area contributed by atoms with Crippen molar-refractivity contribution in [2.45, 2.75) is 19.6 Å². The largest absolute Gasteiger partial charge is 0.486 e. The fourth-order valence-electron chi connectivity index (χ4n) is 3.06. The van der Waals surface area contributed by atoms with Crippen molar-refractivity contribution < 1.29 is 14.6 Å². The highest BCUT2D eigenvalue weighted by Gasteiger charge is 2.17. The third-order valence-electron chi connectivity index (χ3n) is 4.35. The minimum Gasteiger partial charge on any atom is -0.486 e. The second-order valence-electron chi connectivity index (χ2n) is 6.04. The molecule has 25 heavy (non-hydrogen) atoms. The van der Waals surface area contributed by atoms with Crippen LogP contribution in [0.25, 0.3) is 10.8 Å². The quantitative estimate of drug-likeness (QED) is 0.793. The highest BCUT2D eigenvalue weighted by molar-refractivity contribution is 5.83. The summed E-state index contributed by atoms with van der Waals surface area (Å²) in [5.41, 5.74) is 1.20. The Balaban J connectivity index is 1.67. The monoisotopic (exact) mass is 338 g/mol. The second-order valence-corrected chi connectivity index (χ2v) is 6.04. The number of nitrogens with zero attached hydrogens (tertiary/aromatic N) is 2. The van der Waals surface area contributed by atoms with E-state index >= 15 is 0 Å². The van der Waals surface area contributed by atoms with Gasteiger partial charge in [0.15, 0.2) is 11.5 Å². The summed E-state index contributed by atoms with van der Waals surface area (Å²) < 4.78 is 12.3. The van der Waals surface area contributed by atoms with E-state index in [-0.39, 0.29) is 12.1 Å². The zero-order chi connectivity index (χ0) is 17.4. The summed E-state index contributed by atoms with van der Waals surface area (Å²) in [5, 5.41) is 16.3. The Labute approximate surface area is 144 Å². The molecule has 0 spiro atoms. The fraction of sp³-hybridized carbons (Fsp3) is 0.263. The van der Waals surface area contributed by atoms with Crippen LogP contribution in [0, 0.1) is 6.92 Å². The van der Waals surface area contributed by atoms with E-state index in [4.69, 9.17) is 9.47 Å². The molecule has 0 saturated heterocycles. The minimum atomic E-state index is -0.874. The van der Waals surface area contributed by atoms with E-state index in [0.29, 0.717) is 35.7 Å². The lowest BCUT2D eigenvalue weighted by Crippen LogP contribution is -2.27. The van der Waals surface area contributed by atoms with Gasteiger partial charge in [0.25, 0.3) is 5.56 Å². The topological polar surface area (TPSA) is 73.6 Å². The maximum absolute atomic E-state index is 12.6. The maximum atomic E-state index is 12.6. The molecule has 0 fully saturated rings. The zero-order valence-electron chi connectivity index (χ0n) is 13.8. The van der Waals surface area contributed by atoms with E-state index < -0.39 is 6.10 Å². The minimum absolute atomic E-state index is 0.0736. The molecule has 1 aromatic heterocycles. The lowest BCUT2D eigenvalue weighted by atomic mass is 10.1. The molecule has 0 unspecified atom stereocenters. The van der Waals surface area contributed by atoms with Gasteiger partial charge >= 0.3 is 0 Å². The highest BCUT2D eigenvalue weighted by atomic mass is 16.6. The molecule has 3 aromatic rings. The molecule has 6 heteroatoms. The van der Waals surface area contributed by atoms with Crippen molar-refractivity contribution in [3.63, 3.8) is 0 Å². The van der Waals surface area contributed by atoms with Gasteiger partial charge in [0.1, 0.15) is 13.2 Å². The number of aliphatic hydroxyl groups excluding tert-OH is 1. The van der Waals surface area contributed by atoms with Crippen molar-refractivity contribution >= 4 is 10.8 Å². The number of aromatic nitrogens is 2. The molecule has 4 rings (SSSR count). The number of hydrogen-bond acceptors (Lipinski definition) is 5. The first-order chi connectivity index (χ1) is 12.1. The first-order valence-electron chi connectivity index (χ1n) is 8.17. The number of hydrogen-bond donors (Lipinski definition) is 1. The van der Waals surface area contributed by atoms with Crippen LogP contribution in [-0.2, 0) is 6.54 Å². The van der Waals surface area contributed by atoms with E-state index in [1.165, 1.54) is 4.68 Å². The van der Waals surface area contributed by atoms with Crippen molar-refractivity contribution in [2.75, 3.05) is 13.2 Å². The first kappa shape index (κ1) is 15.7. The van der Waals surface area contributed by atoms with Gasteiger partial charge in [0, 0.05) is 5.39 Å². The molecule has 2 aromatic carbocycles. The Hall–Kier alpha value is -2.86. The van der Waals surface area contributed by atoms with Gasteiger partial charge in [0.2, 0.25) is 0 Å². The number of fused-ring (bicyclic) bond motifs is 2. The lowest BCUT2D eigenvalue weighted by molar-refractivity contribution is 0.146. The van der Waals surface area contributed by atoms with Crippen LogP contribution in [-0.4, -0.2) is 28.1 Å². The molecule has 128 valence electrons. The van der Waals surface area contributed by atoms with Crippen LogP contribution in [0.15, 0.2) is 47.3 Å². The van der Waals surface area contributed by atoms with E-state index in [1.807, 2.05) is 25.1 Å². The van der Waals surface area contributed by atoms with Gasteiger partial charge in [0.05, 0.1) is 23.7 Å². The third-order valence-corrected chi connectivity index (χ3v) is 4.35. The van der Waals surface area contributed by atoms with Crippen LogP contribution in [0.2, 0.25) is 0 Å². The Bertz CT molecular complexity index is 996. The third kappa shape index (κ3) is 2.85. The number of aliphatic hydroxyl groups is 1. The Morgan fingerprint density at radius 3 is 2.64 bits per heavy atom. The van der Waals surface area contributed by atoms with Crippen LogP contribution in [0.5, 0.6) is 11.5 Å². The van der Waals surface area contributed by atoms with Crippen molar-refractivity contribution in [3.8, 4) is 11.5 Å². The summed E-state index contributed by atoms with van der Waals surface area (Å²) in [5.74, 6) is 1.27. The highest BCUT2D eigenvalue weighted by Crippen LogP contribution is 2.32. The van der Waals surface area contributed by atoms with E-state index in [2.05, 4.69) is 5.10 Å². The summed E-state index contributed by atoms with van der Waals surface area (Å²) in [6, 6.07) is 12.7. The van der Waals surface area contributed by atoms with Crippen LogP contribution < -0.4 is 15.0 Å². The molecule has 1 atom stereocenters. The lowest BCUT2D eigenvalue weighted by Gasteiger charge is -2.20. The molecular weight excluding hydrogens is 320 g/mol. The van der Waals surface area contributed by atoms with Gasteiger partial charge in [-0.2, -0.15) is 5.10 Å². The van der Waals surface area contributed by atoms with Gasteiger partial charge in [-0.15, -0.1) is 0 Å². The predicted molar refractivity (Wildman–Crippen MR) is 93.1 cm³/mol. The molecule has 0 aliphatic carbocycles. The fourth-order valence-corrected chi connectivity index (χ4v) is 3.06. The van der Waals surface area contributed by atoms with Crippen molar-refractivity contribution in [2.24, 2.45) is 0 Å². The molecule has 2 heterocycles. The number of benzene rings is 2. The van der Waals surface area contributed by atoms with E-state index in [9.17, 15) is 9.90 Å². The number of ether oxygens (including phenoxy) is 2. The van der Waals surface area contributed by atoms with Crippen molar-refractivity contribution in [3.05, 3.63) is 64.1 Å². The Morgan fingerprint density at radius 1 is 1.12 bits per heavy atom. The molecule has 0 bridgehead atoms. The predicted octanol–water partition coefficient (Wildman–Crippen LogP) is 2.21. The first-order valence-corrected chi connectivity index (χ1v) is 8.17. The van der Waals surface area contributed by atoms with Crippen molar-refractivity contribution in [1.82, 2.24) is 9.78 Å². The van der Waals surface area contributed by atoms with Crippen LogP contribution in [0.3, 0.4) is 0 Å². The summed E-state index contributed by atoms with van der Waals surface area (Å²) >= 11 is 0. The molecule has 6 nitrogen and oxygen atoms in total. The van der Waals surface area contributed by atoms with E-state index in [0.717, 1.165) is 11.1 Å².